The first kappa shape index (κ1) is 12.1. The maximum Gasteiger partial charge on any atom is 0.246 e. The van der Waals surface area contributed by atoms with Gasteiger partial charge in [0.25, 0.3) is 0 Å². The van der Waals surface area contributed by atoms with Crippen molar-refractivity contribution in [1.82, 2.24) is 14.1 Å². The lowest BCUT2D eigenvalue weighted by Gasteiger charge is -2.14. The summed E-state index contributed by atoms with van der Waals surface area (Å²) in [5, 5.41) is 3.79. The number of aromatic nitrogens is 2. The molecule has 0 saturated heterocycles. The molecule has 15 heavy (non-hydrogen) atoms. The van der Waals surface area contributed by atoms with Crippen LogP contribution in [-0.4, -0.2) is 41.1 Å². The molecule has 0 amide bonds. The van der Waals surface area contributed by atoms with Gasteiger partial charge >= 0.3 is 0 Å². The molecule has 0 aliphatic carbocycles. The highest BCUT2D eigenvalue weighted by Crippen LogP contribution is 2.11. The summed E-state index contributed by atoms with van der Waals surface area (Å²) in [6.07, 6.45) is 2.71. The van der Waals surface area contributed by atoms with E-state index in [1.165, 1.54) is 24.1 Å². The van der Waals surface area contributed by atoms with Gasteiger partial charge in [0.2, 0.25) is 10.0 Å². The third kappa shape index (κ3) is 2.74. The fourth-order valence-electron chi connectivity index (χ4n) is 1.02. The topological polar surface area (TPSA) is 81.2 Å². The molecule has 1 heterocycles. The predicted molar refractivity (Wildman–Crippen MR) is 59.8 cm³/mol. The van der Waals surface area contributed by atoms with Crippen molar-refractivity contribution in [1.29, 1.82) is 0 Å². The standard InChI is InChI=1S/C7H12N4O2S2/c1-10-4-6(3-9-10)15(12,13)11(2)5-7(8)14/h3-4H,5H2,1-2H3,(H2,8,14). The van der Waals surface area contributed by atoms with E-state index in [0.29, 0.717) is 0 Å². The number of likely N-dealkylation sites (N-methyl/N-ethyl adjacent to an activating group) is 1. The molecule has 8 heteroatoms. The molecule has 0 saturated carbocycles. The Balaban J connectivity index is 2.98. The lowest BCUT2D eigenvalue weighted by atomic mass is 10.7. The van der Waals surface area contributed by atoms with Crippen LogP contribution in [0.5, 0.6) is 0 Å². The zero-order chi connectivity index (χ0) is 11.6. The summed E-state index contributed by atoms with van der Waals surface area (Å²) < 4.78 is 26.2. The van der Waals surface area contributed by atoms with Crippen molar-refractivity contribution >= 4 is 27.2 Å². The molecule has 6 nitrogen and oxygen atoms in total. The Morgan fingerprint density at radius 2 is 2.33 bits per heavy atom. The molecule has 1 rings (SSSR count). The number of rotatable bonds is 4. The number of nitrogens with two attached hydrogens (primary N) is 1. The maximum absolute atomic E-state index is 11.8. The summed E-state index contributed by atoms with van der Waals surface area (Å²) in [5.74, 6) is 0. The van der Waals surface area contributed by atoms with Crippen molar-refractivity contribution < 1.29 is 8.42 Å². The quantitative estimate of drug-likeness (QED) is 0.714. The summed E-state index contributed by atoms with van der Waals surface area (Å²) >= 11 is 4.65. The summed E-state index contributed by atoms with van der Waals surface area (Å²) in [6.45, 7) is 0.0204. The zero-order valence-corrected chi connectivity index (χ0v) is 10.0. The largest absolute Gasteiger partial charge is 0.392 e. The van der Waals surface area contributed by atoms with Crippen molar-refractivity contribution in [2.75, 3.05) is 13.6 Å². The van der Waals surface area contributed by atoms with Crippen LogP contribution in [0.15, 0.2) is 17.3 Å². The summed E-state index contributed by atoms with van der Waals surface area (Å²) in [5.41, 5.74) is 5.28. The van der Waals surface area contributed by atoms with Crippen LogP contribution in [0.3, 0.4) is 0 Å². The fraction of sp³-hybridized carbons (Fsp3) is 0.429. The molecule has 0 unspecified atom stereocenters. The Morgan fingerprint density at radius 3 is 2.73 bits per heavy atom. The Bertz CT molecular complexity index is 465. The molecule has 0 spiro atoms. The van der Waals surface area contributed by atoms with Gasteiger partial charge in [-0.15, -0.1) is 0 Å². The van der Waals surface area contributed by atoms with Gasteiger partial charge in [-0.05, 0) is 0 Å². The van der Waals surface area contributed by atoms with E-state index < -0.39 is 10.0 Å². The van der Waals surface area contributed by atoms with Gasteiger partial charge < -0.3 is 5.73 Å². The van der Waals surface area contributed by atoms with E-state index >= 15 is 0 Å². The Labute approximate surface area is 93.7 Å². The van der Waals surface area contributed by atoms with Crippen LogP contribution >= 0.6 is 12.2 Å². The summed E-state index contributed by atoms with van der Waals surface area (Å²) in [7, 11) is -0.467. The Morgan fingerprint density at radius 1 is 1.73 bits per heavy atom. The first-order valence-electron chi connectivity index (χ1n) is 4.07. The van der Waals surface area contributed by atoms with Crippen LogP contribution in [0.4, 0.5) is 0 Å². The molecule has 0 atom stereocenters. The molecule has 2 N–H and O–H groups in total. The molecule has 1 aromatic rings. The SMILES string of the molecule is CN(CC(N)=S)S(=O)(=O)c1cnn(C)c1. The number of sulfonamides is 1. The second kappa shape index (κ2) is 4.25. The number of nitrogens with zero attached hydrogens (tertiary/aromatic N) is 3. The highest BCUT2D eigenvalue weighted by molar-refractivity contribution is 7.89. The lowest BCUT2D eigenvalue weighted by molar-refractivity contribution is 0.506. The van der Waals surface area contributed by atoms with Crippen molar-refractivity contribution in [2.24, 2.45) is 12.8 Å². The molecule has 1 aromatic heterocycles. The molecular formula is C7H12N4O2S2. The highest BCUT2D eigenvalue weighted by atomic mass is 32.2. The Kier molecular flexibility index (Phi) is 3.42. The summed E-state index contributed by atoms with van der Waals surface area (Å²) in [4.78, 5) is 0.258. The fourth-order valence-corrected chi connectivity index (χ4v) is 2.43. The van der Waals surface area contributed by atoms with Crippen LogP contribution in [-0.2, 0) is 17.1 Å². The minimum Gasteiger partial charge on any atom is -0.392 e. The van der Waals surface area contributed by atoms with Crippen LogP contribution in [0.2, 0.25) is 0 Å². The molecule has 84 valence electrons. The van der Waals surface area contributed by atoms with E-state index in [2.05, 4.69) is 17.3 Å². The van der Waals surface area contributed by atoms with Gasteiger partial charge in [0.05, 0.1) is 17.7 Å². The molecular weight excluding hydrogens is 236 g/mol. The highest BCUT2D eigenvalue weighted by Gasteiger charge is 2.22. The second-order valence-electron chi connectivity index (χ2n) is 3.08. The lowest BCUT2D eigenvalue weighted by Crippen LogP contribution is -2.34. The van der Waals surface area contributed by atoms with Crippen molar-refractivity contribution in [3.8, 4) is 0 Å². The van der Waals surface area contributed by atoms with Gasteiger partial charge in [0, 0.05) is 20.3 Å². The van der Waals surface area contributed by atoms with Gasteiger partial charge in [-0.2, -0.15) is 9.40 Å². The van der Waals surface area contributed by atoms with Crippen molar-refractivity contribution in [3.05, 3.63) is 12.4 Å². The van der Waals surface area contributed by atoms with E-state index in [1.54, 1.807) is 7.05 Å². The number of thiocarbonyl (C=S) groups is 1. The zero-order valence-electron chi connectivity index (χ0n) is 8.41. The van der Waals surface area contributed by atoms with E-state index in [9.17, 15) is 8.42 Å². The van der Waals surface area contributed by atoms with Crippen LogP contribution in [0.1, 0.15) is 0 Å². The molecule has 0 radical (unpaired) electrons. The summed E-state index contributed by atoms with van der Waals surface area (Å²) in [6, 6.07) is 0. The number of hydrogen-bond acceptors (Lipinski definition) is 4. The van der Waals surface area contributed by atoms with Gasteiger partial charge in [-0.3, -0.25) is 4.68 Å². The van der Waals surface area contributed by atoms with Crippen molar-refractivity contribution in [2.45, 2.75) is 4.90 Å². The first-order valence-corrected chi connectivity index (χ1v) is 5.92. The normalized spacial score (nSPS) is 11.9. The van der Waals surface area contributed by atoms with Crippen LogP contribution in [0.25, 0.3) is 0 Å². The van der Waals surface area contributed by atoms with Gasteiger partial charge in [0.1, 0.15) is 4.90 Å². The van der Waals surface area contributed by atoms with E-state index in [4.69, 9.17) is 5.73 Å². The number of hydrogen-bond donors (Lipinski definition) is 1. The monoisotopic (exact) mass is 248 g/mol. The molecule has 0 bridgehead atoms. The third-order valence-electron chi connectivity index (χ3n) is 1.77. The van der Waals surface area contributed by atoms with E-state index in [1.807, 2.05) is 0 Å². The molecule has 0 aromatic carbocycles. The average Bonchev–Trinajstić information content (AvgIpc) is 2.50. The van der Waals surface area contributed by atoms with Gasteiger partial charge in [-0.25, -0.2) is 8.42 Å². The van der Waals surface area contributed by atoms with E-state index in [-0.39, 0.29) is 16.4 Å². The number of aryl methyl sites for hydroxylation is 1. The molecule has 0 fully saturated rings. The minimum absolute atomic E-state index is 0.0204. The van der Waals surface area contributed by atoms with Crippen LogP contribution in [0, 0.1) is 0 Å². The molecule has 0 aliphatic heterocycles. The van der Waals surface area contributed by atoms with E-state index in [0.717, 1.165) is 4.31 Å². The molecule has 0 aliphatic rings. The van der Waals surface area contributed by atoms with Crippen molar-refractivity contribution in [3.63, 3.8) is 0 Å². The third-order valence-corrected chi connectivity index (χ3v) is 3.65. The average molecular weight is 248 g/mol. The van der Waals surface area contributed by atoms with Gasteiger partial charge in [-0.1, -0.05) is 12.2 Å². The second-order valence-corrected chi connectivity index (χ2v) is 5.65. The predicted octanol–water partition coefficient (Wildman–Crippen LogP) is -0.673. The van der Waals surface area contributed by atoms with Gasteiger partial charge in [0.15, 0.2) is 0 Å². The maximum atomic E-state index is 11.8. The minimum atomic E-state index is -3.53. The van der Waals surface area contributed by atoms with Crippen LogP contribution < -0.4 is 5.73 Å². The first-order chi connectivity index (χ1) is 6.84. The Hall–Kier alpha value is -0.990. The smallest absolute Gasteiger partial charge is 0.246 e.